The lowest BCUT2D eigenvalue weighted by molar-refractivity contribution is 0.781. The molecule has 0 saturated carbocycles. The van der Waals surface area contributed by atoms with Crippen molar-refractivity contribution in [2.45, 2.75) is 13.5 Å². The first kappa shape index (κ1) is 16.0. The van der Waals surface area contributed by atoms with Gasteiger partial charge in [-0.25, -0.2) is 4.40 Å². The Bertz CT molecular complexity index is 1030. The first-order valence-corrected chi connectivity index (χ1v) is 7.97. The van der Waals surface area contributed by atoms with Crippen LogP contribution in [-0.2, 0) is 6.54 Å². The number of thiol groups is 1. The summed E-state index contributed by atoms with van der Waals surface area (Å²) < 4.78 is 6.17. The van der Waals surface area contributed by atoms with Crippen LogP contribution in [0.25, 0.3) is 11.0 Å². The van der Waals surface area contributed by atoms with Crippen LogP contribution < -0.4 is 5.56 Å². The number of nitrogens with zero attached hydrogens (tertiary/aromatic N) is 2. The second-order valence-corrected chi connectivity index (χ2v) is 6.09. The number of benzene rings is 1. The van der Waals surface area contributed by atoms with Gasteiger partial charge in [-0.1, -0.05) is 17.7 Å². The van der Waals surface area contributed by atoms with Gasteiger partial charge in [-0.2, -0.15) is 0 Å². The molecule has 0 spiro atoms. The van der Waals surface area contributed by atoms with Gasteiger partial charge in [-0.05, 0) is 55.7 Å². The molecule has 2 N–H and O–H groups in total. The molecule has 0 fully saturated rings. The van der Waals surface area contributed by atoms with Crippen LogP contribution in [0, 0.1) is 4.77 Å². The first-order valence-electron chi connectivity index (χ1n) is 6.79. The third-order valence-corrected chi connectivity index (χ3v) is 4.51. The molecular formula is C15H13ClN4OS2. The van der Waals surface area contributed by atoms with E-state index in [4.69, 9.17) is 23.8 Å². The number of H-pyrrole nitrogens is 2. The van der Waals surface area contributed by atoms with Gasteiger partial charge in [-0.15, -0.1) is 0 Å². The van der Waals surface area contributed by atoms with Crippen molar-refractivity contribution in [3.05, 3.63) is 61.7 Å². The number of aromatic nitrogens is 3. The standard InChI is InChI=1S/C15H13ClN4OS2/c1-8(19-23)11-6-10(16)3-2-9(11)7-20-12-4-5-17-13(12)14(21)18-15(20)22/h2-6,17,23H,7H2,1H3,(H,18,21,22)/b19-8+. The molecule has 3 aromatic rings. The largest absolute Gasteiger partial charge is 0.355 e. The minimum absolute atomic E-state index is 0.226. The summed E-state index contributed by atoms with van der Waals surface area (Å²) in [5, 5.41) is 0.622. The maximum absolute atomic E-state index is 11.9. The van der Waals surface area contributed by atoms with Crippen molar-refractivity contribution in [3.63, 3.8) is 0 Å². The lowest BCUT2D eigenvalue weighted by Crippen LogP contribution is -2.15. The Morgan fingerprint density at radius 1 is 1.43 bits per heavy atom. The number of halogens is 1. The van der Waals surface area contributed by atoms with Crippen LogP contribution in [0.3, 0.4) is 0 Å². The van der Waals surface area contributed by atoms with Crippen LogP contribution in [0.5, 0.6) is 0 Å². The van der Waals surface area contributed by atoms with Gasteiger partial charge in [-0.3, -0.25) is 9.78 Å². The van der Waals surface area contributed by atoms with E-state index < -0.39 is 0 Å². The van der Waals surface area contributed by atoms with Crippen LogP contribution in [0.2, 0.25) is 5.02 Å². The molecule has 118 valence electrons. The number of rotatable bonds is 3. The van der Waals surface area contributed by atoms with E-state index in [0.29, 0.717) is 21.9 Å². The normalized spacial score (nSPS) is 12.0. The number of hydrogen-bond acceptors (Lipinski definition) is 4. The van der Waals surface area contributed by atoms with Crippen LogP contribution in [0.1, 0.15) is 18.1 Å². The summed E-state index contributed by atoms with van der Waals surface area (Å²) in [5.74, 6) is 0. The van der Waals surface area contributed by atoms with Crippen LogP contribution >= 0.6 is 36.6 Å². The lowest BCUT2D eigenvalue weighted by atomic mass is 10.0. The Balaban J connectivity index is 2.19. The zero-order chi connectivity index (χ0) is 16.6. The Hall–Kier alpha value is -1.83. The number of nitrogens with one attached hydrogen (secondary N) is 2. The molecule has 8 heteroatoms. The highest BCUT2D eigenvalue weighted by Gasteiger charge is 2.11. The summed E-state index contributed by atoms with van der Waals surface area (Å²) in [7, 11) is 0. The highest BCUT2D eigenvalue weighted by Crippen LogP contribution is 2.20. The van der Waals surface area contributed by atoms with E-state index >= 15 is 0 Å². The molecule has 0 atom stereocenters. The first-order chi connectivity index (χ1) is 11.0. The van der Waals surface area contributed by atoms with Crippen LogP contribution in [0.4, 0.5) is 0 Å². The summed E-state index contributed by atoms with van der Waals surface area (Å²) in [4.78, 5) is 17.5. The van der Waals surface area contributed by atoms with Crippen LogP contribution in [0.15, 0.2) is 39.7 Å². The fourth-order valence-corrected chi connectivity index (χ4v) is 3.04. The highest BCUT2D eigenvalue weighted by molar-refractivity contribution is 7.79. The molecule has 0 aliphatic carbocycles. The van der Waals surface area contributed by atoms with Crippen molar-refractivity contribution < 1.29 is 0 Å². The Labute approximate surface area is 147 Å². The van der Waals surface area contributed by atoms with Crippen molar-refractivity contribution >= 4 is 53.4 Å². The topological polar surface area (TPSA) is 65.9 Å². The van der Waals surface area contributed by atoms with E-state index in [-0.39, 0.29) is 5.56 Å². The second kappa shape index (κ2) is 6.35. The molecule has 0 unspecified atom stereocenters. The van der Waals surface area contributed by atoms with Gasteiger partial charge in [0.15, 0.2) is 4.77 Å². The molecule has 3 rings (SSSR count). The fraction of sp³-hybridized carbons (Fsp3) is 0.133. The van der Waals surface area contributed by atoms with Gasteiger partial charge in [0, 0.05) is 16.8 Å². The summed E-state index contributed by atoms with van der Waals surface area (Å²) in [6.45, 7) is 2.34. The molecular weight excluding hydrogens is 352 g/mol. The zero-order valence-corrected chi connectivity index (χ0v) is 14.6. The molecule has 23 heavy (non-hydrogen) atoms. The maximum atomic E-state index is 11.9. The lowest BCUT2D eigenvalue weighted by Gasteiger charge is -2.13. The molecule has 0 saturated heterocycles. The Kier molecular flexibility index (Phi) is 4.43. The third kappa shape index (κ3) is 2.99. The molecule has 1 aromatic carbocycles. The molecule has 0 bridgehead atoms. The number of fused-ring (bicyclic) bond motifs is 1. The van der Waals surface area contributed by atoms with E-state index in [2.05, 4.69) is 27.2 Å². The van der Waals surface area contributed by atoms with Gasteiger partial charge in [0.05, 0.1) is 17.8 Å². The van der Waals surface area contributed by atoms with E-state index in [1.54, 1.807) is 6.20 Å². The predicted octanol–water partition coefficient (Wildman–Crippen LogP) is 3.74. The Morgan fingerprint density at radius 2 is 2.22 bits per heavy atom. The fourth-order valence-electron chi connectivity index (χ4n) is 2.51. The maximum Gasteiger partial charge on any atom is 0.276 e. The van der Waals surface area contributed by atoms with Gasteiger partial charge in [0.2, 0.25) is 0 Å². The van der Waals surface area contributed by atoms with Gasteiger partial charge in [0.1, 0.15) is 5.52 Å². The minimum atomic E-state index is -0.226. The van der Waals surface area contributed by atoms with E-state index in [1.807, 2.05) is 35.8 Å². The summed E-state index contributed by atoms with van der Waals surface area (Å²) in [5.41, 5.74) is 3.65. The summed E-state index contributed by atoms with van der Waals surface area (Å²) in [6.07, 6.45) is 1.72. The molecule has 0 radical (unpaired) electrons. The second-order valence-electron chi connectivity index (χ2n) is 5.07. The molecule has 2 heterocycles. The van der Waals surface area contributed by atoms with Gasteiger partial charge in [0.25, 0.3) is 5.56 Å². The van der Waals surface area contributed by atoms with E-state index in [0.717, 1.165) is 22.4 Å². The smallest absolute Gasteiger partial charge is 0.276 e. The van der Waals surface area contributed by atoms with Crippen LogP contribution in [-0.4, -0.2) is 20.2 Å². The quantitative estimate of drug-likeness (QED) is 0.376. The average Bonchev–Trinajstić information content (AvgIpc) is 3.01. The van der Waals surface area contributed by atoms with Crippen molar-refractivity contribution in [2.75, 3.05) is 0 Å². The predicted molar refractivity (Wildman–Crippen MR) is 99.5 cm³/mol. The minimum Gasteiger partial charge on any atom is -0.355 e. The van der Waals surface area contributed by atoms with Crippen molar-refractivity contribution in [3.8, 4) is 0 Å². The van der Waals surface area contributed by atoms with E-state index in [9.17, 15) is 4.79 Å². The number of hydrogen-bond donors (Lipinski definition) is 3. The van der Waals surface area contributed by atoms with Crippen molar-refractivity contribution in [2.24, 2.45) is 4.40 Å². The van der Waals surface area contributed by atoms with Crippen molar-refractivity contribution in [1.29, 1.82) is 0 Å². The molecule has 2 aromatic heterocycles. The monoisotopic (exact) mass is 364 g/mol. The SMILES string of the molecule is C/C(=N\S)c1cc(Cl)ccc1Cn1c(=S)[nH]c(=O)c2[nH]ccc21. The molecule has 0 aliphatic rings. The van der Waals surface area contributed by atoms with Gasteiger partial charge >= 0.3 is 0 Å². The highest BCUT2D eigenvalue weighted by atomic mass is 35.5. The van der Waals surface area contributed by atoms with Gasteiger partial charge < -0.3 is 9.55 Å². The Morgan fingerprint density at radius 3 is 2.96 bits per heavy atom. The zero-order valence-electron chi connectivity index (χ0n) is 12.1. The van der Waals surface area contributed by atoms with Crippen molar-refractivity contribution in [1.82, 2.24) is 14.5 Å². The van der Waals surface area contributed by atoms with E-state index in [1.165, 1.54) is 0 Å². The number of aromatic amines is 2. The molecule has 0 amide bonds. The molecule has 5 nitrogen and oxygen atoms in total. The summed E-state index contributed by atoms with van der Waals surface area (Å²) in [6, 6.07) is 7.41. The summed E-state index contributed by atoms with van der Waals surface area (Å²) >= 11 is 15.4. The third-order valence-electron chi connectivity index (χ3n) is 3.65. The average molecular weight is 365 g/mol. The molecule has 0 aliphatic heterocycles.